The number of carbonyl (C=O) groups is 2. The van der Waals surface area contributed by atoms with Crippen molar-refractivity contribution in [3.63, 3.8) is 0 Å². The molecule has 2 amide bonds. The third-order valence-corrected chi connectivity index (χ3v) is 4.44. The van der Waals surface area contributed by atoms with Gasteiger partial charge in [0, 0.05) is 31.4 Å². The van der Waals surface area contributed by atoms with Crippen molar-refractivity contribution in [1.82, 2.24) is 10.6 Å². The minimum Gasteiger partial charge on any atom is -0.375 e. The standard InChI is InChI=1S/C22H29N3O2/c1-17(2)20(24-21(26)18-11-6-4-7-12-18)22(27)23-15-10-16-25(3)19-13-8-5-9-14-19/h4-9,11-14,17,20H,10,15-16H2,1-3H3,(H,23,27)(H,24,26)/t20-/m1/s1. The quantitative estimate of drug-likeness (QED) is 0.670. The lowest BCUT2D eigenvalue weighted by atomic mass is 10.0. The maximum absolute atomic E-state index is 12.5. The largest absolute Gasteiger partial charge is 0.375 e. The van der Waals surface area contributed by atoms with Crippen LogP contribution in [0.3, 0.4) is 0 Å². The second-order valence-corrected chi connectivity index (χ2v) is 6.96. The van der Waals surface area contributed by atoms with Crippen molar-refractivity contribution in [3.8, 4) is 0 Å². The molecular formula is C22H29N3O2. The monoisotopic (exact) mass is 367 g/mol. The zero-order valence-electron chi connectivity index (χ0n) is 16.3. The van der Waals surface area contributed by atoms with Gasteiger partial charge >= 0.3 is 0 Å². The fraction of sp³-hybridized carbons (Fsp3) is 0.364. The van der Waals surface area contributed by atoms with Gasteiger partial charge in [-0.05, 0) is 36.6 Å². The highest BCUT2D eigenvalue weighted by atomic mass is 16.2. The fourth-order valence-corrected chi connectivity index (χ4v) is 2.80. The molecule has 0 aliphatic heterocycles. The van der Waals surface area contributed by atoms with Crippen LogP contribution in [0.25, 0.3) is 0 Å². The van der Waals surface area contributed by atoms with E-state index in [9.17, 15) is 9.59 Å². The zero-order chi connectivity index (χ0) is 19.6. The zero-order valence-corrected chi connectivity index (χ0v) is 16.3. The average Bonchev–Trinajstić information content (AvgIpc) is 2.70. The van der Waals surface area contributed by atoms with E-state index in [4.69, 9.17) is 0 Å². The van der Waals surface area contributed by atoms with Gasteiger partial charge in [0.25, 0.3) is 5.91 Å². The van der Waals surface area contributed by atoms with Gasteiger partial charge < -0.3 is 15.5 Å². The van der Waals surface area contributed by atoms with E-state index in [1.807, 2.05) is 57.3 Å². The molecule has 0 radical (unpaired) electrons. The SMILES string of the molecule is CC(C)[C@@H](NC(=O)c1ccccc1)C(=O)NCCCN(C)c1ccccc1. The number of nitrogens with zero attached hydrogens (tertiary/aromatic N) is 1. The normalized spacial score (nSPS) is 11.7. The topological polar surface area (TPSA) is 61.4 Å². The first-order valence-electron chi connectivity index (χ1n) is 9.39. The number of benzene rings is 2. The van der Waals surface area contributed by atoms with Gasteiger partial charge in [-0.15, -0.1) is 0 Å². The summed E-state index contributed by atoms with van der Waals surface area (Å²) in [5.41, 5.74) is 1.71. The van der Waals surface area contributed by atoms with Crippen molar-refractivity contribution in [2.24, 2.45) is 5.92 Å². The second-order valence-electron chi connectivity index (χ2n) is 6.96. The average molecular weight is 367 g/mol. The van der Waals surface area contributed by atoms with Crippen molar-refractivity contribution in [3.05, 3.63) is 66.2 Å². The third kappa shape index (κ3) is 6.44. The minimum absolute atomic E-state index is 0.00431. The van der Waals surface area contributed by atoms with Crippen LogP contribution in [-0.2, 0) is 4.79 Å². The molecule has 1 atom stereocenters. The van der Waals surface area contributed by atoms with Crippen molar-refractivity contribution in [2.75, 3.05) is 25.0 Å². The first kappa shape index (κ1) is 20.5. The van der Waals surface area contributed by atoms with Crippen LogP contribution in [-0.4, -0.2) is 38.0 Å². The van der Waals surface area contributed by atoms with Crippen molar-refractivity contribution < 1.29 is 9.59 Å². The Hall–Kier alpha value is -2.82. The van der Waals surface area contributed by atoms with E-state index in [0.717, 1.165) is 18.7 Å². The maximum atomic E-state index is 12.5. The predicted octanol–water partition coefficient (Wildman–Crippen LogP) is 3.08. The number of nitrogens with one attached hydrogen (secondary N) is 2. The van der Waals surface area contributed by atoms with E-state index in [2.05, 4.69) is 27.7 Å². The Morgan fingerprint density at radius 3 is 2.15 bits per heavy atom. The van der Waals surface area contributed by atoms with Crippen LogP contribution in [0.2, 0.25) is 0 Å². The summed E-state index contributed by atoms with van der Waals surface area (Å²) in [6.45, 7) is 5.27. The number of amides is 2. The maximum Gasteiger partial charge on any atom is 0.251 e. The van der Waals surface area contributed by atoms with Crippen LogP contribution in [0, 0.1) is 5.92 Å². The van der Waals surface area contributed by atoms with Gasteiger partial charge in [0.05, 0.1) is 0 Å². The fourth-order valence-electron chi connectivity index (χ4n) is 2.80. The number of rotatable bonds is 9. The molecule has 5 nitrogen and oxygen atoms in total. The number of para-hydroxylation sites is 1. The Kier molecular flexibility index (Phi) is 7.86. The third-order valence-electron chi connectivity index (χ3n) is 4.44. The van der Waals surface area contributed by atoms with Gasteiger partial charge in [0.2, 0.25) is 5.91 Å². The molecule has 0 saturated heterocycles. The summed E-state index contributed by atoms with van der Waals surface area (Å²) in [5, 5.41) is 5.79. The lowest BCUT2D eigenvalue weighted by Gasteiger charge is -2.23. The number of anilines is 1. The molecule has 0 saturated carbocycles. The summed E-state index contributed by atoms with van der Waals surface area (Å²) in [4.78, 5) is 27.0. The van der Waals surface area contributed by atoms with E-state index < -0.39 is 6.04 Å². The van der Waals surface area contributed by atoms with E-state index in [1.54, 1.807) is 12.1 Å². The van der Waals surface area contributed by atoms with Crippen LogP contribution >= 0.6 is 0 Å². The molecule has 0 bridgehead atoms. The summed E-state index contributed by atoms with van der Waals surface area (Å²) in [7, 11) is 2.04. The molecule has 5 heteroatoms. The molecule has 0 aliphatic rings. The van der Waals surface area contributed by atoms with E-state index in [1.165, 1.54) is 0 Å². The summed E-state index contributed by atoms with van der Waals surface area (Å²) in [6, 6.07) is 18.5. The molecule has 2 aromatic carbocycles. The van der Waals surface area contributed by atoms with Gasteiger partial charge in [-0.25, -0.2) is 0 Å². The molecular weight excluding hydrogens is 338 g/mol. The van der Waals surface area contributed by atoms with Crippen molar-refractivity contribution in [2.45, 2.75) is 26.3 Å². The molecule has 2 N–H and O–H groups in total. The lowest BCUT2D eigenvalue weighted by Crippen LogP contribution is -2.50. The highest BCUT2D eigenvalue weighted by molar-refractivity contribution is 5.97. The summed E-state index contributed by atoms with van der Waals surface area (Å²) in [5.74, 6) is -0.366. The van der Waals surface area contributed by atoms with E-state index in [-0.39, 0.29) is 17.7 Å². The predicted molar refractivity (Wildman–Crippen MR) is 110 cm³/mol. The Morgan fingerprint density at radius 1 is 0.963 bits per heavy atom. The lowest BCUT2D eigenvalue weighted by molar-refractivity contribution is -0.123. The number of hydrogen-bond donors (Lipinski definition) is 2. The van der Waals surface area contributed by atoms with E-state index >= 15 is 0 Å². The highest BCUT2D eigenvalue weighted by Gasteiger charge is 2.24. The number of hydrogen-bond acceptors (Lipinski definition) is 3. The summed E-state index contributed by atoms with van der Waals surface area (Å²) in [6.07, 6.45) is 0.828. The van der Waals surface area contributed by atoms with Crippen molar-refractivity contribution >= 4 is 17.5 Å². The van der Waals surface area contributed by atoms with Crippen molar-refractivity contribution in [1.29, 1.82) is 0 Å². The summed E-state index contributed by atoms with van der Waals surface area (Å²) >= 11 is 0. The Morgan fingerprint density at radius 2 is 1.56 bits per heavy atom. The minimum atomic E-state index is -0.551. The van der Waals surface area contributed by atoms with Gasteiger partial charge in [0.15, 0.2) is 0 Å². The molecule has 0 aliphatic carbocycles. The summed E-state index contributed by atoms with van der Waals surface area (Å²) < 4.78 is 0. The first-order valence-corrected chi connectivity index (χ1v) is 9.39. The smallest absolute Gasteiger partial charge is 0.251 e. The molecule has 2 rings (SSSR count). The van der Waals surface area contributed by atoms with Crippen LogP contribution < -0.4 is 15.5 Å². The van der Waals surface area contributed by atoms with Gasteiger partial charge in [0.1, 0.15) is 6.04 Å². The molecule has 0 aromatic heterocycles. The molecule has 2 aromatic rings. The molecule has 0 fully saturated rings. The van der Waals surface area contributed by atoms with Gasteiger partial charge in [-0.1, -0.05) is 50.2 Å². The molecule has 27 heavy (non-hydrogen) atoms. The van der Waals surface area contributed by atoms with Crippen LogP contribution in [0.15, 0.2) is 60.7 Å². The number of carbonyl (C=O) groups excluding carboxylic acids is 2. The molecule has 0 spiro atoms. The van der Waals surface area contributed by atoms with Crippen LogP contribution in [0.4, 0.5) is 5.69 Å². The van der Waals surface area contributed by atoms with Gasteiger partial charge in [-0.2, -0.15) is 0 Å². The van der Waals surface area contributed by atoms with Crippen LogP contribution in [0.5, 0.6) is 0 Å². The Balaban J connectivity index is 1.80. The first-order chi connectivity index (χ1) is 13.0. The Bertz CT molecular complexity index is 717. The van der Waals surface area contributed by atoms with E-state index in [0.29, 0.717) is 12.1 Å². The van der Waals surface area contributed by atoms with Gasteiger partial charge in [-0.3, -0.25) is 9.59 Å². The molecule has 0 unspecified atom stereocenters. The van der Waals surface area contributed by atoms with Crippen LogP contribution in [0.1, 0.15) is 30.6 Å². The molecule has 144 valence electrons. The molecule has 0 heterocycles. The second kappa shape index (κ2) is 10.4. The highest BCUT2D eigenvalue weighted by Crippen LogP contribution is 2.11. The Labute approximate surface area is 161 Å².